The number of aromatic nitrogens is 1. The highest BCUT2D eigenvalue weighted by atomic mass is 32.2. The van der Waals surface area contributed by atoms with E-state index in [1.54, 1.807) is 37.4 Å². The largest absolute Gasteiger partial charge is 0.497 e. The first kappa shape index (κ1) is 20.6. The second kappa shape index (κ2) is 7.68. The summed E-state index contributed by atoms with van der Waals surface area (Å²) in [5.74, 6) is 0.528. The third kappa shape index (κ3) is 3.08. The summed E-state index contributed by atoms with van der Waals surface area (Å²) in [6, 6.07) is 15.1. The highest BCUT2D eigenvalue weighted by molar-refractivity contribution is 8.08. The van der Waals surface area contributed by atoms with Gasteiger partial charge in [-0.05, 0) is 31.2 Å². The molecule has 2 aromatic carbocycles. The summed E-state index contributed by atoms with van der Waals surface area (Å²) in [6.07, 6.45) is 0. The standard InChI is InChI=1S/C23H20N4O3S2/c1-13-18(20(28)27(24-13)14-8-6-5-7-9-14)22-26(3)21(29)19(32-22)23-25(2)16-12-15(30-4)10-11-17(16)31-23/h5-12H,1-4H3/b22-18+,23-19-. The summed E-state index contributed by atoms with van der Waals surface area (Å²) in [7, 11) is 5.27. The zero-order valence-electron chi connectivity index (χ0n) is 17.9. The van der Waals surface area contributed by atoms with Crippen molar-refractivity contribution in [1.29, 1.82) is 0 Å². The molecule has 162 valence electrons. The molecule has 0 unspecified atom stereocenters. The van der Waals surface area contributed by atoms with Gasteiger partial charge in [0.05, 0.1) is 29.8 Å². The van der Waals surface area contributed by atoms with Crippen LogP contribution in [0.4, 0.5) is 11.4 Å². The molecule has 2 aliphatic heterocycles. The van der Waals surface area contributed by atoms with E-state index in [0.29, 0.717) is 26.2 Å². The molecule has 2 aliphatic rings. The summed E-state index contributed by atoms with van der Waals surface area (Å²) < 4.78 is 8.09. The first-order chi connectivity index (χ1) is 15.4. The van der Waals surface area contributed by atoms with Crippen molar-refractivity contribution in [3.05, 3.63) is 68.1 Å². The minimum absolute atomic E-state index is 0.134. The third-order valence-corrected chi connectivity index (χ3v) is 8.08. The number of hydrazone groups is 1. The number of hydrogen-bond donors (Lipinski definition) is 0. The van der Waals surface area contributed by atoms with Gasteiger partial charge in [0.15, 0.2) is 0 Å². The molecule has 0 spiro atoms. The number of rotatable bonds is 2. The zero-order valence-corrected chi connectivity index (χ0v) is 19.6. The fourth-order valence-corrected chi connectivity index (χ4v) is 6.27. The Hall–Kier alpha value is -3.30. The summed E-state index contributed by atoms with van der Waals surface area (Å²) in [4.78, 5) is 29.5. The Kier molecular flexibility index (Phi) is 4.94. The van der Waals surface area contributed by atoms with Gasteiger partial charge in [0.1, 0.15) is 20.0 Å². The number of anilines is 2. The normalized spacial score (nSPS) is 18.9. The smallest absolute Gasteiger partial charge is 0.283 e. The minimum atomic E-state index is -0.234. The Morgan fingerprint density at radius 2 is 1.78 bits per heavy atom. The summed E-state index contributed by atoms with van der Waals surface area (Å²) in [5.41, 5.74) is 2.59. The first-order valence-corrected chi connectivity index (χ1v) is 11.5. The molecule has 0 atom stereocenters. The molecule has 9 heteroatoms. The van der Waals surface area contributed by atoms with Gasteiger partial charge in [0.2, 0.25) is 0 Å². The number of carbonyl (C=O) groups is 1. The number of carbonyl (C=O) groups excluding carboxylic acids is 1. The summed E-state index contributed by atoms with van der Waals surface area (Å²) >= 11 is 2.87. The molecule has 5 rings (SSSR count). The molecule has 0 fully saturated rings. The van der Waals surface area contributed by atoms with E-state index in [1.165, 1.54) is 16.3 Å². The van der Waals surface area contributed by atoms with Crippen LogP contribution in [0.5, 0.6) is 5.75 Å². The summed E-state index contributed by atoms with van der Waals surface area (Å²) in [5, 5.41) is 6.69. The van der Waals surface area contributed by atoms with Gasteiger partial charge in [-0.2, -0.15) is 10.1 Å². The number of methoxy groups -OCH3 is 1. The molecule has 0 N–H and O–H groups in total. The third-order valence-electron chi connectivity index (χ3n) is 5.47. The van der Waals surface area contributed by atoms with Gasteiger partial charge in [0.25, 0.3) is 11.5 Å². The predicted molar refractivity (Wildman–Crippen MR) is 130 cm³/mol. The van der Waals surface area contributed by atoms with Crippen LogP contribution < -0.4 is 29.4 Å². The first-order valence-electron chi connectivity index (χ1n) is 9.90. The fourth-order valence-electron chi connectivity index (χ4n) is 3.76. The number of amides is 1. The van der Waals surface area contributed by atoms with E-state index in [1.807, 2.05) is 60.5 Å². The molecule has 1 amide bonds. The fraction of sp³-hybridized carbons (Fsp3) is 0.174. The topological polar surface area (TPSA) is 67.1 Å². The maximum Gasteiger partial charge on any atom is 0.283 e. The van der Waals surface area contributed by atoms with Crippen molar-refractivity contribution in [1.82, 2.24) is 4.57 Å². The van der Waals surface area contributed by atoms with Crippen LogP contribution in [-0.2, 0) is 11.8 Å². The molecular formula is C23H20N4O3S2. The average molecular weight is 465 g/mol. The van der Waals surface area contributed by atoms with E-state index < -0.39 is 0 Å². The number of hydrogen-bond acceptors (Lipinski definition) is 7. The highest BCUT2D eigenvalue weighted by Crippen LogP contribution is 2.46. The number of benzene rings is 2. The van der Waals surface area contributed by atoms with Crippen LogP contribution in [-0.4, -0.2) is 30.3 Å². The van der Waals surface area contributed by atoms with Gasteiger partial charge < -0.3 is 14.2 Å². The van der Waals surface area contributed by atoms with Crippen LogP contribution in [0, 0.1) is 0 Å². The minimum Gasteiger partial charge on any atom is -0.497 e. The van der Waals surface area contributed by atoms with Crippen molar-refractivity contribution >= 4 is 56.7 Å². The van der Waals surface area contributed by atoms with Crippen LogP contribution in [0.3, 0.4) is 0 Å². The van der Waals surface area contributed by atoms with Crippen molar-refractivity contribution < 1.29 is 9.53 Å². The number of nitrogens with zero attached hydrogens (tertiary/aromatic N) is 4. The predicted octanol–water partition coefficient (Wildman–Crippen LogP) is 2.34. The maximum atomic E-state index is 13.3. The molecule has 0 saturated carbocycles. The molecule has 1 aromatic heterocycles. The molecule has 0 radical (unpaired) electrons. The Morgan fingerprint density at radius 1 is 1.03 bits per heavy atom. The van der Waals surface area contributed by atoms with Crippen LogP contribution in [0.1, 0.15) is 6.92 Å². The number of thioether (sulfide) groups is 1. The van der Waals surface area contributed by atoms with Crippen LogP contribution in [0.25, 0.3) is 10.6 Å². The van der Waals surface area contributed by atoms with E-state index in [2.05, 4.69) is 5.10 Å². The van der Waals surface area contributed by atoms with Crippen LogP contribution in [0.2, 0.25) is 0 Å². The van der Waals surface area contributed by atoms with E-state index in [-0.39, 0.29) is 11.5 Å². The second-order valence-corrected chi connectivity index (χ2v) is 9.44. The Morgan fingerprint density at radius 3 is 2.50 bits per heavy atom. The monoisotopic (exact) mass is 464 g/mol. The molecule has 0 aliphatic carbocycles. The highest BCUT2D eigenvalue weighted by Gasteiger charge is 2.32. The molecule has 3 heterocycles. The van der Waals surface area contributed by atoms with E-state index in [9.17, 15) is 9.59 Å². The van der Waals surface area contributed by atoms with Gasteiger partial charge in [-0.3, -0.25) is 9.59 Å². The van der Waals surface area contributed by atoms with Gasteiger partial charge in [-0.25, -0.2) is 0 Å². The van der Waals surface area contributed by atoms with E-state index in [0.717, 1.165) is 21.4 Å². The number of thiazole rings is 1. The lowest BCUT2D eigenvalue weighted by Crippen LogP contribution is -2.33. The lowest BCUT2D eigenvalue weighted by molar-refractivity contribution is -0.112. The van der Waals surface area contributed by atoms with Crippen molar-refractivity contribution in [2.24, 2.45) is 12.1 Å². The molecule has 0 bridgehead atoms. The summed E-state index contributed by atoms with van der Waals surface area (Å²) in [6.45, 7) is 1.80. The van der Waals surface area contributed by atoms with Gasteiger partial charge in [-0.1, -0.05) is 30.0 Å². The quantitative estimate of drug-likeness (QED) is 0.583. The van der Waals surface area contributed by atoms with Crippen LogP contribution >= 0.6 is 23.1 Å². The second-order valence-electron chi connectivity index (χ2n) is 7.41. The number of ether oxygens (including phenoxy) is 1. The Bertz CT molecular complexity index is 1470. The van der Waals surface area contributed by atoms with Crippen LogP contribution in [0.15, 0.2) is 63.3 Å². The maximum absolute atomic E-state index is 13.3. The van der Waals surface area contributed by atoms with Crippen molar-refractivity contribution in [3.63, 3.8) is 0 Å². The van der Waals surface area contributed by atoms with Gasteiger partial charge >= 0.3 is 0 Å². The molecular weight excluding hydrogens is 444 g/mol. The van der Waals surface area contributed by atoms with Crippen molar-refractivity contribution in [3.8, 4) is 5.75 Å². The van der Waals surface area contributed by atoms with Gasteiger partial charge in [-0.15, -0.1) is 11.3 Å². The Balaban J connectivity index is 1.67. The lowest BCUT2D eigenvalue weighted by Gasteiger charge is -2.13. The van der Waals surface area contributed by atoms with Crippen molar-refractivity contribution in [2.45, 2.75) is 11.8 Å². The van der Waals surface area contributed by atoms with E-state index in [4.69, 9.17) is 4.74 Å². The van der Waals surface area contributed by atoms with Gasteiger partial charge in [0, 0.05) is 25.1 Å². The Labute approximate surface area is 192 Å². The van der Waals surface area contributed by atoms with E-state index >= 15 is 0 Å². The lowest BCUT2D eigenvalue weighted by atomic mass is 10.2. The zero-order chi connectivity index (χ0) is 22.6. The molecule has 3 aromatic rings. The molecule has 7 nitrogen and oxygen atoms in total. The molecule has 32 heavy (non-hydrogen) atoms. The molecule has 0 saturated heterocycles. The average Bonchev–Trinajstić information content (AvgIpc) is 3.40. The number of para-hydroxylation sites is 1. The number of fused-ring (bicyclic) bond motifs is 1. The SMILES string of the molecule is COc1ccc2c(c1)N(C)/C(=c1/s/c(=C3/C(=O)N(c4ccccc4)N=C3C)n(C)c1=O)S2. The van der Waals surface area contributed by atoms with Crippen molar-refractivity contribution in [2.75, 3.05) is 24.1 Å².